The highest BCUT2D eigenvalue weighted by molar-refractivity contribution is 6.00. The predicted molar refractivity (Wildman–Crippen MR) is 64.4 cm³/mol. The number of hydrogen-bond donors (Lipinski definition) is 2. The van der Waals surface area contributed by atoms with Crippen LogP contribution in [0.3, 0.4) is 0 Å². The number of halogens is 3. The number of anilines is 1. The quantitative estimate of drug-likeness (QED) is 0.894. The van der Waals surface area contributed by atoms with Crippen LogP contribution in [0, 0.1) is 5.92 Å². The summed E-state index contributed by atoms with van der Waals surface area (Å²) >= 11 is 0. The molecule has 0 atom stereocenters. The second kappa shape index (κ2) is 5.15. The van der Waals surface area contributed by atoms with Gasteiger partial charge >= 0.3 is 12.1 Å². The third-order valence-corrected chi connectivity index (χ3v) is 3.02. The molecule has 1 aliphatic rings. The van der Waals surface area contributed by atoms with Crippen LogP contribution >= 0.6 is 0 Å². The highest BCUT2D eigenvalue weighted by Gasteiger charge is 2.32. The van der Waals surface area contributed by atoms with Gasteiger partial charge in [-0.1, -0.05) is 0 Å². The smallest absolute Gasteiger partial charge is 0.416 e. The normalized spacial score (nSPS) is 14.9. The molecule has 0 aliphatic heterocycles. The SMILES string of the molecule is O=C(CC1CC1)Nc1cc(C(F)(F)F)ccc1C(=O)O. The highest BCUT2D eigenvalue weighted by atomic mass is 19.4. The predicted octanol–water partition coefficient (Wildman–Crippen LogP) is 3.14. The number of carbonyl (C=O) groups is 2. The van der Waals surface area contributed by atoms with Crippen molar-refractivity contribution in [3.63, 3.8) is 0 Å². The van der Waals surface area contributed by atoms with Crippen LogP contribution in [0.15, 0.2) is 18.2 Å². The molecule has 1 fully saturated rings. The van der Waals surface area contributed by atoms with Gasteiger partial charge in [0.05, 0.1) is 16.8 Å². The zero-order chi connectivity index (χ0) is 14.9. The number of carboxylic acid groups (broad SMARTS) is 1. The zero-order valence-corrected chi connectivity index (χ0v) is 10.3. The lowest BCUT2D eigenvalue weighted by atomic mass is 10.1. The molecule has 0 heterocycles. The van der Waals surface area contributed by atoms with Crippen LogP contribution in [0.5, 0.6) is 0 Å². The molecular formula is C13H12F3NO3. The Hall–Kier alpha value is -2.05. The van der Waals surface area contributed by atoms with E-state index in [1.54, 1.807) is 0 Å². The lowest BCUT2D eigenvalue weighted by molar-refractivity contribution is -0.137. The van der Waals surface area contributed by atoms with Gasteiger partial charge in [-0.3, -0.25) is 4.79 Å². The molecular weight excluding hydrogens is 275 g/mol. The van der Waals surface area contributed by atoms with Crippen molar-refractivity contribution in [3.05, 3.63) is 29.3 Å². The summed E-state index contributed by atoms with van der Waals surface area (Å²) in [7, 11) is 0. The summed E-state index contributed by atoms with van der Waals surface area (Å²) < 4.78 is 37.8. The van der Waals surface area contributed by atoms with Crippen molar-refractivity contribution in [2.75, 3.05) is 5.32 Å². The third kappa shape index (κ3) is 3.49. The first-order chi connectivity index (χ1) is 9.27. The maximum Gasteiger partial charge on any atom is 0.416 e. The molecule has 0 radical (unpaired) electrons. The molecule has 20 heavy (non-hydrogen) atoms. The number of alkyl halides is 3. The fraction of sp³-hybridized carbons (Fsp3) is 0.385. The van der Waals surface area contributed by atoms with Gasteiger partial charge in [-0.05, 0) is 37.0 Å². The summed E-state index contributed by atoms with van der Waals surface area (Å²) in [5, 5.41) is 11.2. The minimum Gasteiger partial charge on any atom is -0.478 e. The van der Waals surface area contributed by atoms with Crippen molar-refractivity contribution >= 4 is 17.6 Å². The number of nitrogens with one attached hydrogen (secondary N) is 1. The minimum atomic E-state index is -4.59. The summed E-state index contributed by atoms with van der Waals surface area (Å²) in [5.74, 6) is -1.59. The monoisotopic (exact) mass is 287 g/mol. The molecule has 0 bridgehead atoms. The molecule has 0 aromatic heterocycles. The van der Waals surface area contributed by atoms with Gasteiger partial charge in [-0.25, -0.2) is 4.79 Å². The Labute approximate surface area is 112 Å². The molecule has 2 N–H and O–H groups in total. The molecule has 0 saturated heterocycles. The summed E-state index contributed by atoms with van der Waals surface area (Å²) in [6, 6.07) is 2.17. The van der Waals surface area contributed by atoms with Gasteiger partial charge in [0, 0.05) is 6.42 Å². The van der Waals surface area contributed by atoms with Crippen LogP contribution in [0.2, 0.25) is 0 Å². The number of amides is 1. The van der Waals surface area contributed by atoms with E-state index in [1.165, 1.54) is 0 Å². The van der Waals surface area contributed by atoms with Crippen LogP contribution in [0.4, 0.5) is 18.9 Å². The first-order valence-electron chi connectivity index (χ1n) is 6.02. The Bertz CT molecular complexity index is 550. The van der Waals surface area contributed by atoms with Crippen LogP contribution in [-0.4, -0.2) is 17.0 Å². The number of benzene rings is 1. The first-order valence-corrected chi connectivity index (χ1v) is 6.02. The van der Waals surface area contributed by atoms with Crippen molar-refractivity contribution in [2.45, 2.75) is 25.4 Å². The molecule has 1 aromatic carbocycles. The minimum absolute atomic E-state index is 0.204. The molecule has 1 saturated carbocycles. The average molecular weight is 287 g/mol. The van der Waals surface area contributed by atoms with Crippen LogP contribution in [0.1, 0.15) is 35.2 Å². The Morgan fingerprint density at radius 1 is 1.30 bits per heavy atom. The van der Waals surface area contributed by atoms with E-state index >= 15 is 0 Å². The van der Waals surface area contributed by atoms with E-state index in [9.17, 15) is 22.8 Å². The molecule has 4 nitrogen and oxygen atoms in total. The fourth-order valence-electron chi connectivity index (χ4n) is 1.80. The van der Waals surface area contributed by atoms with Gasteiger partial charge in [0.25, 0.3) is 0 Å². The maximum atomic E-state index is 12.6. The topological polar surface area (TPSA) is 66.4 Å². The van der Waals surface area contributed by atoms with E-state index in [0.717, 1.165) is 18.9 Å². The van der Waals surface area contributed by atoms with Gasteiger partial charge in [-0.15, -0.1) is 0 Å². The van der Waals surface area contributed by atoms with Gasteiger partial charge in [0.1, 0.15) is 0 Å². The van der Waals surface area contributed by atoms with Crippen molar-refractivity contribution in [1.29, 1.82) is 0 Å². The molecule has 2 rings (SSSR count). The highest BCUT2D eigenvalue weighted by Crippen LogP contribution is 2.34. The Balaban J connectivity index is 2.26. The summed E-state index contributed by atoms with van der Waals surface area (Å²) in [6.45, 7) is 0. The second-order valence-electron chi connectivity index (χ2n) is 4.76. The summed E-state index contributed by atoms with van der Waals surface area (Å²) in [4.78, 5) is 22.6. The lowest BCUT2D eigenvalue weighted by Crippen LogP contribution is -2.16. The average Bonchev–Trinajstić information content (AvgIpc) is 3.11. The Morgan fingerprint density at radius 2 is 1.95 bits per heavy atom. The molecule has 1 amide bonds. The Morgan fingerprint density at radius 3 is 2.45 bits per heavy atom. The standard InChI is InChI=1S/C13H12F3NO3/c14-13(15,16)8-3-4-9(12(19)20)10(6-8)17-11(18)5-7-1-2-7/h3-4,6-7H,1-2,5H2,(H,17,18)(H,19,20). The fourth-order valence-corrected chi connectivity index (χ4v) is 1.80. The van der Waals surface area contributed by atoms with Gasteiger partial charge in [0.2, 0.25) is 5.91 Å². The van der Waals surface area contributed by atoms with Crippen LogP contribution in [-0.2, 0) is 11.0 Å². The number of carboxylic acids is 1. The van der Waals surface area contributed by atoms with Gasteiger partial charge in [-0.2, -0.15) is 13.2 Å². The van der Waals surface area contributed by atoms with Crippen molar-refractivity contribution in [1.82, 2.24) is 0 Å². The molecule has 7 heteroatoms. The maximum absolute atomic E-state index is 12.6. The third-order valence-electron chi connectivity index (χ3n) is 3.02. The summed E-state index contributed by atoms with van der Waals surface area (Å²) in [6.07, 6.45) is -2.55. The second-order valence-corrected chi connectivity index (χ2v) is 4.76. The van der Waals surface area contributed by atoms with E-state index in [-0.39, 0.29) is 23.6 Å². The van der Waals surface area contributed by atoms with Crippen LogP contribution < -0.4 is 5.32 Å². The van der Waals surface area contributed by atoms with Crippen molar-refractivity contribution in [3.8, 4) is 0 Å². The van der Waals surface area contributed by atoms with E-state index in [0.29, 0.717) is 12.1 Å². The largest absolute Gasteiger partial charge is 0.478 e. The van der Waals surface area contributed by atoms with E-state index in [1.807, 2.05) is 0 Å². The molecule has 108 valence electrons. The van der Waals surface area contributed by atoms with Crippen molar-refractivity contribution < 1.29 is 27.9 Å². The number of rotatable bonds is 4. The number of carbonyl (C=O) groups excluding carboxylic acids is 1. The lowest BCUT2D eigenvalue weighted by Gasteiger charge is -2.12. The van der Waals surface area contributed by atoms with Gasteiger partial charge in [0.15, 0.2) is 0 Å². The summed E-state index contributed by atoms with van der Waals surface area (Å²) in [5.41, 5.74) is -1.68. The first kappa shape index (κ1) is 14.4. The molecule has 1 aliphatic carbocycles. The van der Waals surface area contributed by atoms with Gasteiger partial charge < -0.3 is 10.4 Å². The molecule has 1 aromatic rings. The molecule has 0 unspecified atom stereocenters. The van der Waals surface area contributed by atoms with Crippen molar-refractivity contribution in [2.24, 2.45) is 5.92 Å². The molecule has 0 spiro atoms. The number of aromatic carboxylic acids is 1. The van der Waals surface area contributed by atoms with E-state index in [4.69, 9.17) is 5.11 Å². The zero-order valence-electron chi connectivity index (χ0n) is 10.3. The van der Waals surface area contributed by atoms with E-state index in [2.05, 4.69) is 5.32 Å². The number of hydrogen-bond acceptors (Lipinski definition) is 2. The van der Waals surface area contributed by atoms with Crippen LogP contribution in [0.25, 0.3) is 0 Å². The Kier molecular flexibility index (Phi) is 3.69. The van der Waals surface area contributed by atoms with E-state index < -0.39 is 23.6 Å².